The topological polar surface area (TPSA) is 86.0 Å². The van der Waals surface area contributed by atoms with E-state index in [2.05, 4.69) is 20.3 Å². The fraction of sp³-hybridized carbons (Fsp3) is 0.250. The van der Waals surface area contributed by atoms with Gasteiger partial charge in [0.15, 0.2) is 0 Å². The van der Waals surface area contributed by atoms with Crippen LogP contribution in [0.2, 0.25) is 0 Å². The van der Waals surface area contributed by atoms with Gasteiger partial charge >= 0.3 is 0 Å². The highest BCUT2D eigenvalue weighted by atomic mass is 16.5. The number of rotatable bonds is 5. The molecular weight excluding hydrogens is 230 g/mol. The molecule has 0 saturated carbocycles. The van der Waals surface area contributed by atoms with Gasteiger partial charge in [-0.3, -0.25) is 0 Å². The Morgan fingerprint density at radius 1 is 1.28 bits per heavy atom. The Kier molecular flexibility index (Phi) is 4.03. The van der Waals surface area contributed by atoms with Crippen molar-refractivity contribution in [3.63, 3.8) is 0 Å². The van der Waals surface area contributed by atoms with Gasteiger partial charge in [-0.2, -0.15) is 0 Å². The number of methoxy groups -OCH3 is 1. The van der Waals surface area contributed by atoms with E-state index in [9.17, 15) is 0 Å². The van der Waals surface area contributed by atoms with Crippen molar-refractivity contribution >= 4 is 5.95 Å². The van der Waals surface area contributed by atoms with Gasteiger partial charge < -0.3 is 15.8 Å². The van der Waals surface area contributed by atoms with Gasteiger partial charge in [-0.1, -0.05) is 6.07 Å². The van der Waals surface area contributed by atoms with Gasteiger partial charge in [0, 0.05) is 31.5 Å². The molecule has 2 heterocycles. The summed E-state index contributed by atoms with van der Waals surface area (Å²) in [5.74, 6) is 1.16. The van der Waals surface area contributed by atoms with Gasteiger partial charge in [-0.25, -0.2) is 15.0 Å². The molecule has 3 N–H and O–H groups in total. The lowest BCUT2D eigenvalue weighted by Gasteiger charge is -2.06. The predicted octanol–water partition coefficient (Wildman–Crippen LogP) is 0.951. The molecule has 18 heavy (non-hydrogen) atoms. The summed E-state index contributed by atoms with van der Waals surface area (Å²) in [7, 11) is 1.59. The molecule has 0 amide bonds. The van der Waals surface area contributed by atoms with Crippen molar-refractivity contribution in [1.82, 2.24) is 15.0 Å². The molecule has 0 aliphatic carbocycles. The van der Waals surface area contributed by atoms with Crippen LogP contribution in [0.4, 0.5) is 5.95 Å². The molecule has 0 bridgehead atoms. The molecule has 0 radical (unpaired) electrons. The molecule has 0 aliphatic rings. The Bertz CT molecular complexity index is 500. The number of hydrogen-bond donors (Lipinski definition) is 2. The van der Waals surface area contributed by atoms with Gasteiger partial charge in [-0.15, -0.1) is 0 Å². The molecule has 0 atom stereocenters. The summed E-state index contributed by atoms with van der Waals surface area (Å²) >= 11 is 0. The van der Waals surface area contributed by atoms with E-state index in [1.54, 1.807) is 25.6 Å². The predicted molar refractivity (Wildman–Crippen MR) is 68.0 cm³/mol. The zero-order valence-corrected chi connectivity index (χ0v) is 10.1. The first-order chi connectivity index (χ1) is 8.81. The maximum atomic E-state index is 5.52. The van der Waals surface area contributed by atoms with E-state index in [0.29, 0.717) is 24.9 Å². The molecule has 94 valence electrons. The van der Waals surface area contributed by atoms with Crippen molar-refractivity contribution < 1.29 is 4.74 Å². The number of nitrogens with one attached hydrogen (secondary N) is 1. The number of pyridine rings is 1. The standard InChI is InChI=1S/C12H15N5O/c1-18-11-3-2-9(7-15-11)8-16-12-14-5-4-10(6-13)17-12/h2-5,7H,6,8,13H2,1H3,(H,14,16,17). The molecule has 0 fully saturated rings. The van der Waals surface area contributed by atoms with Crippen LogP contribution in [-0.4, -0.2) is 22.1 Å². The minimum absolute atomic E-state index is 0.404. The minimum atomic E-state index is 0.404. The Balaban J connectivity index is 1.97. The molecular formula is C12H15N5O. The van der Waals surface area contributed by atoms with E-state index in [-0.39, 0.29) is 0 Å². The quantitative estimate of drug-likeness (QED) is 0.815. The molecule has 0 spiro atoms. The average Bonchev–Trinajstić information content (AvgIpc) is 2.46. The van der Waals surface area contributed by atoms with E-state index in [4.69, 9.17) is 10.5 Å². The maximum Gasteiger partial charge on any atom is 0.223 e. The number of nitrogens with two attached hydrogens (primary N) is 1. The third-order valence-corrected chi connectivity index (χ3v) is 2.38. The van der Waals surface area contributed by atoms with E-state index >= 15 is 0 Å². The molecule has 0 aliphatic heterocycles. The Morgan fingerprint density at radius 2 is 2.17 bits per heavy atom. The normalized spacial score (nSPS) is 10.1. The number of hydrogen-bond acceptors (Lipinski definition) is 6. The summed E-state index contributed by atoms with van der Waals surface area (Å²) < 4.78 is 4.99. The number of aromatic nitrogens is 3. The highest BCUT2D eigenvalue weighted by Crippen LogP contribution is 2.08. The summed E-state index contributed by atoms with van der Waals surface area (Å²) in [6, 6.07) is 5.54. The summed E-state index contributed by atoms with van der Waals surface area (Å²) in [5.41, 5.74) is 7.35. The Morgan fingerprint density at radius 3 is 2.83 bits per heavy atom. The molecule has 6 heteroatoms. The van der Waals surface area contributed by atoms with Crippen LogP contribution in [0.15, 0.2) is 30.6 Å². The molecule has 0 unspecified atom stereocenters. The zero-order valence-electron chi connectivity index (χ0n) is 10.1. The summed E-state index contributed by atoms with van der Waals surface area (Å²) in [5, 5.41) is 3.11. The lowest BCUT2D eigenvalue weighted by molar-refractivity contribution is 0.397. The van der Waals surface area contributed by atoms with Gasteiger partial charge in [0.25, 0.3) is 0 Å². The molecule has 2 aromatic heterocycles. The number of anilines is 1. The van der Waals surface area contributed by atoms with Crippen LogP contribution in [0.1, 0.15) is 11.3 Å². The van der Waals surface area contributed by atoms with Gasteiger partial charge in [0.2, 0.25) is 11.8 Å². The fourth-order valence-corrected chi connectivity index (χ4v) is 1.41. The van der Waals surface area contributed by atoms with Crippen LogP contribution in [0, 0.1) is 0 Å². The zero-order chi connectivity index (χ0) is 12.8. The van der Waals surface area contributed by atoms with Crippen molar-refractivity contribution in [1.29, 1.82) is 0 Å². The first-order valence-corrected chi connectivity index (χ1v) is 5.56. The van der Waals surface area contributed by atoms with E-state index in [1.165, 1.54) is 0 Å². The van der Waals surface area contributed by atoms with Crippen LogP contribution in [0.25, 0.3) is 0 Å². The van der Waals surface area contributed by atoms with Crippen molar-refractivity contribution in [2.24, 2.45) is 5.73 Å². The van der Waals surface area contributed by atoms with E-state index in [0.717, 1.165) is 11.3 Å². The van der Waals surface area contributed by atoms with Crippen molar-refractivity contribution in [2.45, 2.75) is 13.1 Å². The first-order valence-electron chi connectivity index (χ1n) is 5.56. The van der Waals surface area contributed by atoms with Crippen LogP contribution in [0.3, 0.4) is 0 Å². The molecule has 2 rings (SSSR count). The molecule has 0 aromatic carbocycles. The summed E-state index contributed by atoms with van der Waals surface area (Å²) in [6.07, 6.45) is 3.43. The smallest absolute Gasteiger partial charge is 0.223 e. The Labute approximate surface area is 105 Å². The number of nitrogens with zero attached hydrogens (tertiary/aromatic N) is 3. The van der Waals surface area contributed by atoms with Crippen LogP contribution in [-0.2, 0) is 13.1 Å². The molecule has 0 saturated heterocycles. The molecule has 2 aromatic rings. The lowest BCUT2D eigenvalue weighted by Crippen LogP contribution is -2.07. The molecule has 6 nitrogen and oxygen atoms in total. The van der Waals surface area contributed by atoms with Crippen molar-refractivity contribution in [3.8, 4) is 5.88 Å². The van der Waals surface area contributed by atoms with Gasteiger partial charge in [0.1, 0.15) is 0 Å². The summed E-state index contributed by atoms with van der Waals surface area (Å²) in [4.78, 5) is 12.5. The second-order valence-electron chi connectivity index (χ2n) is 3.64. The third kappa shape index (κ3) is 3.14. The van der Waals surface area contributed by atoms with Crippen LogP contribution in [0.5, 0.6) is 5.88 Å². The van der Waals surface area contributed by atoms with Crippen LogP contribution >= 0.6 is 0 Å². The number of ether oxygens (including phenoxy) is 1. The summed E-state index contributed by atoms with van der Waals surface area (Å²) in [6.45, 7) is 1.01. The third-order valence-electron chi connectivity index (χ3n) is 2.38. The fourth-order valence-electron chi connectivity index (χ4n) is 1.41. The van der Waals surface area contributed by atoms with Crippen molar-refractivity contribution in [3.05, 3.63) is 41.9 Å². The van der Waals surface area contributed by atoms with Crippen molar-refractivity contribution in [2.75, 3.05) is 12.4 Å². The highest BCUT2D eigenvalue weighted by molar-refractivity contribution is 5.28. The lowest BCUT2D eigenvalue weighted by atomic mass is 10.3. The monoisotopic (exact) mass is 245 g/mol. The first kappa shape index (κ1) is 12.3. The second kappa shape index (κ2) is 5.92. The van der Waals surface area contributed by atoms with Gasteiger partial charge in [-0.05, 0) is 11.6 Å². The average molecular weight is 245 g/mol. The van der Waals surface area contributed by atoms with E-state index in [1.807, 2.05) is 12.1 Å². The highest BCUT2D eigenvalue weighted by Gasteiger charge is 1.99. The minimum Gasteiger partial charge on any atom is -0.481 e. The largest absolute Gasteiger partial charge is 0.481 e. The SMILES string of the molecule is COc1ccc(CNc2nccc(CN)n2)cn1. The van der Waals surface area contributed by atoms with E-state index < -0.39 is 0 Å². The second-order valence-corrected chi connectivity index (χ2v) is 3.64. The van der Waals surface area contributed by atoms with Gasteiger partial charge in [0.05, 0.1) is 12.8 Å². The maximum absolute atomic E-state index is 5.52. The van der Waals surface area contributed by atoms with Crippen LogP contribution < -0.4 is 15.8 Å². The Hall–Kier alpha value is -2.21.